The molecule has 4 aromatic rings. The maximum Gasteiger partial charge on any atom is 0.254 e. The van der Waals surface area contributed by atoms with Crippen LogP contribution in [-0.4, -0.2) is 38.7 Å². The molecule has 1 atom stereocenters. The molecule has 7 heteroatoms. The van der Waals surface area contributed by atoms with Crippen LogP contribution in [0.1, 0.15) is 27.7 Å². The highest BCUT2D eigenvalue weighted by molar-refractivity contribution is 7.09. The van der Waals surface area contributed by atoms with Crippen LogP contribution in [0.25, 0.3) is 5.69 Å². The number of rotatable bonds is 8. The smallest absolute Gasteiger partial charge is 0.254 e. The summed E-state index contributed by atoms with van der Waals surface area (Å²) in [4.78, 5) is 20.7. The minimum atomic E-state index is 0.00464. The van der Waals surface area contributed by atoms with E-state index in [0.29, 0.717) is 12.1 Å². The topological polar surface area (TPSA) is 60.2 Å². The Labute approximate surface area is 185 Å². The largest absolute Gasteiger partial charge is 0.497 e. The van der Waals surface area contributed by atoms with Gasteiger partial charge in [0.05, 0.1) is 12.8 Å². The summed E-state index contributed by atoms with van der Waals surface area (Å²) in [6, 6.07) is 19.5. The molecular weight excluding hydrogens is 408 g/mol. The van der Waals surface area contributed by atoms with Crippen molar-refractivity contribution in [2.24, 2.45) is 0 Å². The lowest BCUT2D eigenvalue weighted by molar-refractivity contribution is 0.0676. The first-order valence-electron chi connectivity index (χ1n) is 10.1. The zero-order valence-electron chi connectivity index (χ0n) is 17.5. The van der Waals surface area contributed by atoms with Gasteiger partial charge in [-0.15, -0.1) is 11.3 Å². The van der Waals surface area contributed by atoms with Crippen molar-refractivity contribution >= 4 is 17.2 Å². The normalized spacial score (nSPS) is 11.8. The fourth-order valence-corrected chi connectivity index (χ4v) is 4.28. The molecule has 31 heavy (non-hydrogen) atoms. The summed E-state index contributed by atoms with van der Waals surface area (Å²) in [6.07, 6.45) is 3.94. The van der Waals surface area contributed by atoms with Crippen molar-refractivity contribution in [3.8, 4) is 11.4 Å². The highest BCUT2D eigenvalue weighted by atomic mass is 32.1. The number of thiophene rings is 1. The van der Waals surface area contributed by atoms with Gasteiger partial charge in [-0.05, 0) is 60.3 Å². The van der Waals surface area contributed by atoms with Gasteiger partial charge in [0.25, 0.3) is 5.91 Å². The lowest BCUT2D eigenvalue weighted by Gasteiger charge is -2.29. The Balaban J connectivity index is 1.57. The van der Waals surface area contributed by atoms with Crippen LogP contribution in [0.3, 0.4) is 0 Å². The number of carbonyl (C=O) groups excluding carboxylic acids is 1. The van der Waals surface area contributed by atoms with Gasteiger partial charge in [-0.25, -0.2) is 9.67 Å². The fraction of sp³-hybridized carbons (Fsp3) is 0.208. The Morgan fingerprint density at radius 3 is 2.52 bits per heavy atom. The van der Waals surface area contributed by atoms with Crippen LogP contribution in [0.5, 0.6) is 5.75 Å². The predicted molar refractivity (Wildman–Crippen MR) is 122 cm³/mol. The van der Waals surface area contributed by atoms with E-state index in [-0.39, 0.29) is 11.9 Å². The Morgan fingerprint density at radius 1 is 1.13 bits per heavy atom. The number of methoxy groups -OCH3 is 1. The molecule has 0 aliphatic carbocycles. The van der Waals surface area contributed by atoms with Crippen molar-refractivity contribution in [3.63, 3.8) is 0 Å². The third-order valence-electron chi connectivity index (χ3n) is 5.18. The van der Waals surface area contributed by atoms with Gasteiger partial charge in [-0.3, -0.25) is 4.79 Å². The molecule has 0 aliphatic heterocycles. The maximum atomic E-state index is 13.5. The zero-order chi connectivity index (χ0) is 21.6. The van der Waals surface area contributed by atoms with E-state index in [2.05, 4.69) is 28.5 Å². The second-order valence-corrected chi connectivity index (χ2v) is 8.33. The minimum absolute atomic E-state index is 0.00464. The maximum absolute atomic E-state index is 13.5. The lowest BCUT2D eigenvalue weighted by atomic mass is 10.1. The van der Waals surface area contributed by atoms with Gasteiger partial charge in [0, 0.05) is 29.4 Å². The van der Waals surface area contributed by atoms with Crippen molar-refractivity contribution in [2.45, 2.75) is 25.9 Å². The van der Waals surface area contributed by atoms with Crippen molar-refractivity contribution in [1.82, 2.24) is 19.7 Å². The molecule has 0 radical (unpaired) electrons. The summed E-state index contributed by atoms with van der Waals surface area (Å²) in [5.41, 5.74) is 2.57. The SMILES string of the molecule is COc1ccc(CN(C(=O)c2ccc(-n3cncn3)cc2)[C@H](C)Cc2cccs2)cc1. The van der Waals surface area contributed by atoms with Gasteiger partial charge >= 0.3 is 0 Å². The van der Waals surface area contributed by atoms with Gasteiger partial charge in [0.15, 0.2) is 0 Å². The quantitative estimate of drug-likeness (QED) is 0.408. The Hall–Kier alpha value is -3.45. The Kier molecular flexibility index (Phi) is 6.43. The molecule has 6 nitrogen and oxygen atoms in total. The molecule has 0 fully saturated rings. The average Bonchev–Trinajstić information content (AvgIpc) is 3.52. The summed E-state index contributed by atoms with van der Waals surface area (Å²) in [5.74, 6) is 0.807. The number of carbonyl (C=O) groups is 1. The summed E-state index contributed by atoms with van der Waals surface area (Å²) in [5, 5.41) is 6.21. The molecule has 0 aliphatic rings. The molecule has 1 amide bonds. The van der Waals surface area contributed by atoms with Crippen LogP contribution in [0.15, 0.2) is 78.7 Å². The number of ether oxygens (including phenoxy) is 1. The van der Waals surface area contributed by atoms with Crippen molar-refractivity contribution in [1.29, 1.82) is 0 Å². The first-order chi connectivity index (χ1) is 15.1. The van der Waals surface area contributed by atoms with E-state index in [9.17, 15) is 4.79 Å². The number of hydrogen-bond acceptors (Lipinski definition) is 5. The summed E-state index contributed by atoms with van der Waals surface area (Å²) in [7, 11) is 1.65. The third-order valence-corrected chi connectivity index (χ3v) is 6.08. The van der Waals surface area contributed by atoms with E-state index in [1.165, 1.54) is 11.2 Å². The molecule has 2 aromatic heterocycles. The molecule has 2 aromatic carbocycles. The highest BCUT2D eigenvalue weighted by Crippen LogP contribution is 2.21. The molecule has 158 valence electrons. The van der Waals surface area contributed by atoms with Gasteiger partial charge < -0.3 is 9.64 Å². The van der Waals surface area contributed by atoms with Crippen LogP contribution in [0, 0.1) is 0 Å². The van der Waals surface area contributed by atoms with Crippen LogP contribution in [-0.2, 0) is 13.0 Å². The lowest BCUT2D eigenvalue weighted by Crippen LogP contribution is -2.39. The number of nitrogens with zero attached hydrogens (tertiary/aromatic N) is 4. The third kappa shape index (κ3) is 5.00. The van der Waals surface area contributed by atoms with Crippen molar-refractivity contribution < 1.29 is 9.53 Å². The number of aromatic nitrogens is 3. The molecule has 0 saturated heterocycles. The van der Waals surface area contributed by atoms with E-state index < -0.39 is 0 Å². The zero-order valence-corrected chi connectivity index (χ0v) is 18.3. The van der Waals surface area contributed by atoms with Crippen LogP contribution >= 0.6 is 11.3 Å². The van der Waals surface area contributed by atoms with E-state index in [1.54, 1.807) is 29.5 Å². The molecule has 2 heterocycles. The molecule has 0 N–H and O–H groups in total. The summed E-state index contributed by atoms with van der Waals surface area (Å²) < 4.78 is 6.93. The summed E-state index contributed by atoms with van der Waals surface area (Å²) in [6.45, 7) is 2.63. The van der Waals surface area contributed by atoms with Gasteiger partial charge in [-0.1, -0.05) is 18.2 Å². The molecule has 0 spiro atoms. The van der Waals surface area contributed by atoms with Gasteiger partial charge in [0.1, 0.15) is 18.4 Å². The Bertz CT molecular complexity index is 1090. The first-order valence-corrected chi connectivity index (χ1v) is 10.9. The molecule has 0 bridgehead atoms. The number of benzene rings is 2. The van der Waals surface area contributed by atoms with Crippen molar-refractivity contribution in [3.05, 3.63) is 94.7 Å². The number of amides is 1. The van der Waals surface area contributed by atoms with Crippen LogP contribution in [0.4, 0.5) is 0 Å². The summed E-state index contributed by atoms with van der Waals surface area (Å²) >= 11 is 1.72. The predicted octanol–water partition coefficient (Wildman–Crippen LogP) is 4.61. The van der Waals surface area contributed by atoms with E-state index in [0.717, 1.165) is 23.4 Å². The van der Waals surface area contributed by atoms with Crippen LogP contribution < -0.4 is 4.74 Å². The molecule has 0 saturated carbocycles. The average molecular weight is 433 g/mol. The monoisotopic (exact) mass is 432 g/mol. The minimum Gasteiger partial charge on any atom is -0.497 e. The van der Waals surface area contributed by atoms with Crippen molar-refractivity contribution in [2.75, 3.05) is 7.11 Å². The fourth-order valence-electron chi connectivity index (χ4n) is 3.45. The first kappa shape index (κ1) is 20.8. The highest BCUT2D eigenvalue weighted by Gasteiger charge is 2.22. The standard InChI is InChI=1S/C24H24N4O2S/c1-18(14-23-4-3-13-31-23)27(15-19-5-11-22(30-2)12-6-19)24(29)20-7-9-21(10-8-20)28-17-25-16-26-28/h3-13,16-18H,14-15H2,1-2H3/t18-/m1/s1. The molecule has 0 unspecified atom stereocenters. The van der Waals surface area contributed by atoms with Gasteiger partial charge in [0.2, 0.25) is 0 Å². The molecule has 4 rings (SSSR count). The number of hydrogen-bond donors (Lipinski definition) is 0. The van der Waals surface area contributed by atoms with E-state index in [1.807, 2.05) is 59.5 Å². The van der Waals surface area contributed by atoms with E-state index >= 15 is 0 Å². The Morgan fingerprint density at radius 2 is 1.90 bits per heavy atom. The second-order valence-electron chi connectivity index (χ2n) is 7.30. The van der Waals surface area contributed by atoms with Gasteiger partial charge in [-0.2, -0.15) is 5.10 Å². The van der Waals surface area contributed by atoms with E-state index in [4.69, 9.17) is 4.74 Å². The van der Waals surface area contributed by atoms with Crippen LogP contribution in [0.2, 0.25) is 0 Å². The molecular formula is C24H24N4O2S. The second kappa shape index (κ2) is 9.57.